The van der Waals surface area contributed by atoms with E-state index in [1.165, 1.54) is 28.4 Å². The van der Waals surface area contributed by atoms with Gasteiger partial charge in [0.15, 0.2) is 0 Å². The fourth-order valence-electron chi connectivity index (χ4n) is 2.04. The molecule has 24 heavy (non-hydrogen) atoms. The molecule has 1 amide bonds. The van der Waals surface area contributed by atoms with Crippen LogP contribution in [0, 0.1) is 10.1 Å². The molecule has 0 aliphatic heterocycles. The largest absolute Gasteiger partial charge is 0.394 e. The van der Waals surface area contributed by atoms with E-state index in [0.717, 1.165) is 9.75 Å². The van der Waals surface area contributed by atoms with Gasteiger partial charge in [0.25, 0.3) is 5.69 Å². The van der Waals surface area contributed by atoms with Gasteiger partial charge >= 0.3 is 0 Å². The van der Waals surface area contributed by atoms with Gasteiger partial charge in [-0.3, -0.25) is 14.9 Å². The molecule has 1 unspecified atom stereocenters. The molecular formula is C17H18N2O4S. The zero-order chi connectivity index (χ0) is 17.7. The fraction of sp³-hybridized carbons (Fsp3) is 0.235. The highest BCUT2D eigenvalue weighted by Crippen LogP contribution is 2.34. The molecule has 7 heteroatoms. The summed E-state index contributed by atoms with van der Waals surface area (Å²) in [4.78, 5) is 25.7. The minimum Gasteiger partial charge on any atom is -0.394 e. The van der Waals surface area contributed by atoms with E-state index in [2.05, 4.69) is 0 Å². The molecule has 0 aliphatic carbocycles. The number of nitrogens with zero attached hydrogens (tertiary/aromatic N) is 2. The molecule has 0 bridgehead atoms. The predicted molar refractivity (Wildman–Crippen MR) is 94.8 cm³/mol. The molecule has 0 aliphatic rings. The second-order valence-corrected chi connectivity index (χ2v) is 6.41. The standard InChI is InChI=1S/C17H18N2O4S/c1-12(11-20)18(2)17(21)10-8-13-7-9-16(24-13)14-5-3-4-6-15(14)19(22)23/h3-10,12,20H,11H2,1-2H3/b10-8+. The number of carbonyl (C=O) groups is 1. The number of nitro benzene ring substituents is 1. The minimum absolute atomic E-state index is 0.0578. The first-order valence-electron chi connectivity index (χ1n) is 7.33. The molecule has 2 aromatic rings. The van der Waals surface area contributed by atoms with Crippen LogP contribution in [0.1, 0.15) is 11.8 Å². The highest BCUT2D eigenvalue weighted by atomic mass is 32.1. The number of amides is 1. The van der Waals surface area contributed by atoms with Crippen LogP contribution >= 0.6 is 11.3 Å². The van der Waals surface area contributed by atoms with E-state index in [0.29, 0.717) is 5.56 Å². The third kappa shape index (κ3) is 4.06. The average molecular weight is 346 g/mol. The van der Waals surface area contributed by atoms with Crippen LogP contribution in [0.25, 0.3) is 16.5 Å². The topological polar surface area (TPSA) is 83.7 Å². The van der Waals surface area contributed by atoms with Gasteiger partial charge in [-0.05, 0) is 31.2 Å². The van der Waals surface area contributed by atoms with E-state index in [1.54, 1.807) is 44.3 Å². The summed E-state index contributed by atoms with van der Waals surface area (Å²) in [6, 6.07) is 9.93. The van der Waals surface area contributed by atoms with Crippen molar-refractivity contribution in [2.45, 2.75) is 13.0 Å². The first kappa shape index (κ1) is 17.8. The first-order valence-corrected chi connectivity index (χ1v) is 8.15. The zero-order valence-corrected chi connectivity index (χ0v) is 14.2. The number of likely N-dealkylation sites (N-methyl/N-ethyl adjacent to an activating group) is 1. The maximum Gasteiger partial charge on any atom is 0.278 e. The number of aliphatic hydroxyl groups excluding tert-OH is 1. The van der Waals surface area contributed by atoms with Crippen molar-refractivity contribution in [1.29, 1.82) is 0 Å². The monoisotopic (exact) mass is 346 g/mol. The van der Waals surface area contributed by atoms with Gasteiger partial charge in [-0.1, -0.05) is 12.1 Å². The lowest BCUT2D eigenvalue weighted by molar-refractivity contribution is -0.384. The Balaban J connectivity index is 2.19. The van der Waals surface area contributed by atoms with Crippen LogP contribution in [0.3, 0.4) is 0 Å². The van der Waals surface area contributed by atoms with Crippen LogP contribution in [0.5, 0.6) is 0 Å². The summed E-state index contributed by atoms with van der Waals surface area (Å²) in [5.74, 6) is -0.211. The van der Waals surface area contributed by atoms with E-state index >= 15 is 0 Å². The van der Waals surface area contributed by atoms with Gasteiger partial charge in [-0.15, -0.1) is 11.3 Å². The first-order chi connectivity index (χ1) is 11.4. The molecular weight excluding hydrogens is 328 g/mol. The molecule has 1 N–H and O–H groups in total. The van der Waals surface area contributed by atoms with Gasteiger partial charge in [-0.25, -0.2) is 0 Å². The lowest BCUT2D eigenvalue weighted by Crippen LogP contribution is -2.36. The zero-order valence-electron chi connectivity index (χ0n) is 13.4. The maximum atomic E-state index is 12.0. The Bertz CT molecular complexity index is 769. The Morgan fingerprint density at radius 3 is 2.75 bits per heavy atom. The van der Waals surface area contributed by atoms with Crippen molar-refractivity contribution in [3.63, 3.8) is 0 Å². The lowest BCUT2D eigenvalue weighted by atomic mass is 10.1. The fourth-order valence-corrected chi connectivity index (χ4v) is 2.98. The summed E-state index contributed by atoms with van der Waals surface area (Å²) in [5.41, 5.74) is 0.618. The number of hydrogen-bond donors (Lipinski definition) is 1. The highest BCUT2D eigenvalue weighted by molar-refractivity contribution is 7.16. The van der Waals surface area contributed by atoms with Gasteiger partial charge in [0, 0.05) is 28.9 Å². The third-order valence-electron chi connectivity index (χ3n) is 3.66. The van der Waals surface area contributed by atoms with E-state index in [-0.39, 0.29) is 24.2 Å². The van der Waals surface area contributed by atoms with Gasteiger partial charge in [0.05, 0.1) is 23.1 Å². The smallest absolute Gasteiger partial charge is 0.278 e. The predicted octanol–water partition coefficient (Wildman–Crippen LogP) is 3.18. The number of aliphatic hydroxyl groups is 1. The minimum atomic E-state index is -0.403. The Morgan fingerprint density at radius 1 is 1.38 bits per heavy atom. The third-order valence-corrected chi connectivity index (χ3v) is 4.74. The number of benzene rings is 1. The Hall–Kier alpha value is -2.51. The Morgan fingerprint density at radius 2 is 2.08 bits per heavy atom. The Kier molecular flexibility index (Phi) is 5.83. The second-order valence-electron chi connectivity index (χ2n) is 5.29. The van der Waals surface area contributed by atoms with Crippen molar-refractivity contribution in [2.75, 3.05) is 13.7 Å². The quantitative estimate of drug-likeness (QED) is 0.495. The molecule has 2 rings (SSSR count). The van der Waals surface area contributed by atoms with Crippen molar-refractivity contribution in [3.8, 4) is 10.4 Å². The van der Waals surface area contributed by atoms with Gasteiger partial charge in [0.1, 0.15) is 0 Å². The van der Waals surface area contributed by atoms with E-state index in [4.69, 9.17) is 5.11 Å². The molecule has 1 aromatic carbocycles. The SMILES string of the molecule is CC(CO)N(C)C(=O)/C=C/c1ccc(-c2ccccc2[N+](=O)[O-])s1. The van der Waals surface area contributed by atoms with Crippen LogP contribution in [0.4, 0.5) is 5.69 Å². The summed E-state index contributed by atoms with van der Waals surface area (Å²) in [7, 11) is 1.63. The van der Waals surface area contributed by atoms with Crippen molar-refractivity contribution in [2.24, 2.45) is 0 Å². The molecule has 0 radical (unpaired) electrons. The molecule has 1 atom stereocenters. The summed E-state index contributed by atoms with van der Waals surface area (Å²) in [6.07, 6.45) is 3.10. The molecule has 1 aromatic heterocycles. The van der Waals surface area contributed by atoms with Crippen LogP contribution in [-0.4, -0.2) is 40.5 Å². The normalized spacial score (nSPS) is 12.3. The molecule has 0 fully saturated rings. The Labute approximate surface area is 143 Å². The van der Waals surface area contributed by atoms with E-state index < -0.39 is 4.92 Å². The highest BCUT2D eigenvalue weighted by Gasteiger charge is 2.16. The van der Waals surface area contributed by atoms with Gasteiger partial charge in [0.2, 0.25) is 5.91 Å². The number of carbonyl (C=O) groups excluding carboxylic acids is 1. The molecule has 0 saturated carbocycles. The van der Waals surface area contributed by atoms with Crippen molar-refractivity contribution in [3.05, 3.63) is 57.5 Å². The summed E-state index contributed by atoms with van der Waals surface area (Å²) >= 11 is 1.37. The number of hydrogen-bond acceptors (Lipinski definition) is 5. The molecule has 1 heterocycles. The molecule has 0 spiro atoms. The number of thiophene rings is 1. The van der Waals surface area contributed by atoms with Crippen LogP contribution in [-0.2, 0) is 4.79 Å². The van der Waals surface area contributed by atoms with Crippen molar-refractivity contribution >= 4 is 29.0 Å². The number of rotatable bonds is 6. The summed E-state index contributed by atoms with van der Waals surface area (Å²) in [6.45, 7) is 1.65. The molecule has 126 valence electrons. The van der Waals surface area contributed by atoms with Crippen molar-refractivity contribution in [1.82, 2.24) is 4.90 Å². The van der Waals surface area contributed by atoms with Crippen molar-refractivity contribution < 1.29 is 14.8 Å². The maximum absolute atomic E-state index is 12.0. The lowest BCUT2D eigenvalue weighted by Gasteiger charge is -2.21. The van der Waals surface area contributed by atoms with Crippen LogP contribution in [0.2, 0.25) is 0 Å². The summed E-state index contributed by atoms with van der Waals surface area (Å²) in [5, 5.41) is 20.2. The van der Waals surface area contributed by atoms with Gasteiger partial charge < -0.3 is 10.0 Å². The number of para-hydroxylation sites is 1. The summed E-state index contributed by atoms with van der Waals surface area (Å²) < 4.78 is 0. The number of nitro groups is 1. The average Bonchev–Trinajstić information content (AvgIpc) is 3.07. The van der Waals surface area contributed by atoms with Crippen LogP contribution in [0.15, 0.2) is 42.5 Å². The van der Waals surface area contributed by atoms with E-state index in [9.17, 15) is 14.9 Å². The van der Waals surface area contributed by atoms with Gasteiger partial charge in [-0.2, -0.15) is 0 Å². The molecule has 6 nitrogen and oxygen atoms in total. The molecule has 0 saturated heterocycles. The van der Waals surface area contributed by atoms with E-state index in [1.807, 2.05) is 6.07 Å². The van der Waals surface area contributed by atoms with Crippen LogP contribution < -0.4 is 0 Å². The second kappa shape index (κ2) is 7.85.